The van der Waals surface area contributed by atoms with Crippen molar-refractivity contribution in [1.29, 1.82) is 0 Å². The number of rotatable bonds is 6. The second kappa shape index (κ2) is 8.94. The van der Waals surface area contributed by atoms with Gasteiger partial charge in [-0.25, -0.2) is 8.42 Å². The Hall–Kier alpha value is -2.09. The van der Waals surface area contributed by atoms with E-state index in [1.165, 1.54) is 24.3 Å². The minimum absolute atomic E-state index is 0.0928. The Morgan fingerprint density at radius 3 is 2.25 bits per heavy atom. The zero-order valence-corrected chi connectivity index (χ0v) is 17.3. The maximum atomic E-state index is 12.5. The predicted molar refractivity (Wildman–Crippen MR) is 111 cm³/mol. The molecule has 0 bridgehead atoms. The summed E-state index contributed by atoms with van der Waals surface area (Å²) in [5.41, 5.74) is 0.869. The lowest BCUT2D eigenvalue weighted by molar-refractivity contribution is 0.0912. The molecule has 1 fully saturated rings. The molecule has 1 amide bonds. The Bertz CT molecular complexity index is 907. The third-order valence-corrected chi connectivity index (χ3v) is 6.54. The molecule has 1 aliphatic heterocycles. The van der Waals surface area contributed by atoms with E-state index in [1.807, 2.05) is 0 Å². The molecule has 0 atom stereocenters. The smallest absolute Gasteiger partial charge is 0.261 e. The molecular formula is C20H24ClN3O3S. The molecule has 0 unspecified atom stereocenters. The Labute approximate surface area is 170 Å². The highest BCUT2D eigenvalue weighted by Gasteiger charge is 2.21. The van der Waals surface area contributed by atoms with Gasteiger partial charge in [0.15, 0.2) is 0 Å². The van der Waals surface area contributed by atoms with Crippen molar-refractivity contribution in [3.63, 3.8) is 0 Å². The van der Waals surface area contributed by atoms with E-state index in [0.717, 1.165) is 32.5 Å². The summed E-state index contributed by atoms with van der Waals surface area (Å²) in [4.78, 5) is 14.9. The molecule has 0 spiro atoms. The summed E-state index contributed by atoms with van der Waals surface area (Å²) in [7, 11) is -3.74. The van der Waals surface area contributed by atoms with Gasteiger partial charge in [0.25, 0.3) is 15.9 Å². The first-order valence-corrected chi connectivity index (χ1v) is 11.1. The van der Waals surface area contributed by atoms with Crippen LogP contribution < -0.4 is 10.0 Å². The number of carbonyl (C=O) groups excluding carboxylic acids is 1. The quantitative estimate of drug-likeness (QED) is 0.749. The minimum atomic E-state index is -3.74. The number of likely N-dealkylation sites (tertiary alicyclic amines) is 1. The third kappa shape index (κ3) is 5.25. The van der Waals surface area contributed by atoms with Crippen molar-refractivity contribution < 1.29 is 13.2 Å². The van der Waals surface area contributed by atoms with Gasteiger partial charge in [0.05, 0.1) is 4.90 Å². The highest BCUT2D eigenvalue weighted by atomic mass is 35.5. The molecule has 3 rings (SSSR count). The van der Waals surface area contributed by atoms with Crippen LogP contribution in [-0.2, 0) is 10.0 Å². The van der Waals surface area contributed by atoms with E-state index in [1.54, 1.807) is 24.3 Å². The molecular weight excluding hydrogens is 398 g/mol. The fourth-order valence-electron chi connectivity index (χ4n) is 3.18. The molecule has 1 aliphatic rings. The number of sulfonamides is 1. The van der Waals surface area contributed by atoms with Crippen molar-refractivity contribution in [1.82, 2.24) is 10.2 Å². The van der Waals surface area contributed by atoms with Crippen LogP contribution in [0.5, 0.6) is 0 Å². The zero-order valence-electron chi connectivity index (χ0n) is 15.7. The first kappa shape index (κ1) is 20.6. The summed E-state index contributed by atoms with van der Waals surface area (Å²) < 4.78 is 27.5. The van der Waals surface area contributed by atoms with Gasteiger partial charge in [0.1, 0.15) is 0 Å². The lowest BCUT2D eigenvalue weighted by Gasteiger charge is -2.31. The molecule has 28 heavy (non-hydrogen) atoms. The van der Waals surface area contributed by atoms with Crippen molar-refractivity contribution >= 4 is 33.2 Å². The van der Waals surface area contributed by atoms with Crippen molar-refractivity contribution in [2.24, 2.45) is 0 Å². The first-order chi connectivity index (χ1) is 13.4. The predicted octanol–water partition coefficient (Wildman–Crippen LogP) is 3.35. The number of nitrogens with zero attached hydrogens (tertiary/aromatic N) is 1. The summed E-state index contributed by atoms with van der Waals surface area (Å²) in [6, 6.07) is 12.5. The number of anilines is 1. The Morgan fingerprint density at radius 1 is 1.07 bits per heavy atom. The van der Waals surface area contributed by atoms with E-state index in [-0.39, 0.29) is 16.8 Å². The largest absolute Gasteiger partial charge is 0.349 e. The van der Waals surface area contributed by atoms with Crippen LogP contribution in [0.4, 0.5) is 5.69 Å². The summed E-state index contributed by atoms with van der Waals surface area (Å²) in [5.74, 6) is -0.176. The van der Waals surface area contributed by atoms with Crippen LogP contribution in [0.15, 0.2) is 53.4 Å². The van der Waals surface area contributed by atoms with Gasteiger partial charge >= 0.3 is 0 Å². The number of amides is 1. The van der Waals surface area contributed by atoms with Crippen molar-refractivity contribution in [3.8, 4) is 0 Å². The molecule has 150 valence electrons. The number of halogens is 1. The Kier molecular flexibility index (Phi) is 6.59. The fourth-order valence-corrected chi connectivity index (χ4v) is 4.36. The zero-order chi connectivity index (χ0) is 20.1. The average Bonchev–Trinajstić information content (AvgIpc) is 2.70. The van der Waals surface area contributed by atoms with Gasteiger partial charge in [0, 0.05) is 35.4 Å². The van der Waals surface area contributed by atoms with E-state index in [4.69, 9.17) is 11.6 Å². The Balaban J connectivity index is 1.62. The van der Waals surface area contributed by atoms with Crippen molar-refractivity contribution in [2.45, 2.75) is 30.7 Å². The second-order valence-electron chi connectivity index (χ2n) is 6.82. The van der Waals surface area contributed by atoms with Crippen molar-refractivity contribution in [2.75, 3.05) is 24.4 Å². The average molecular weight is 422 g/mol. The summed E-state index contributed by atoms with van der Waals surface area (Å²) in [6.45, 7) is 5.13. The van der Waals surface area contributed by atoms with Gasteiger partial charge in [-0.15, -0.1) is 0 Å². The SMILES string of the molecule is CCN1CCC(NC(=O)c2ccc(S(=O)(=O)Nc3ccc(Cl)cc3)cc2)CC1. The first-order valence-electron chi connectivity index (χ1n) is 9.29. The molecule has 2 aromatic carbocycles. The van der Waals surface area contributed by atoms with E-state index in [2.05, 4.69) is 21.9 Å². The molecule has 0 aliphatic carbocycles. The molecule has 0 radical (unpaired) electrons. The third-order valence-electron chi connectivity index (χ3n) is 4.89. The lowest BCUT2D eigenvalue weighted by atomic mass is 10.0. The standard InChI is InChI=1S/C20H24ClN3O3S/c1-2-24-13-11-17(12-14-24)22-20(25)15-3-9-19(10-4-15)28(26,27)23-18-7-5-16(21)6-8-18/h3-10,17,23H,2,11-14H2,1H3,(H,22,25). The van der Waals surface area contributed by atoms with Crippen molar-refractivity contribution in [3.05, 3.63) is 59.1 Å². The molecule has 2 aromatic rings. The molecule has 8 heteroatoms. The van der Waals surface area contributed by atoms with Crippen LogP contribution in [0.3, 0.4) is 0 Å². The highest BCUT2D eigenvalue weighted by molar-refractivity contribution is 7.92. The van der Waals surface area contributed by atoms with E-state index < -0.39 is 10.0 Å². The summed E-state index contributed by atoms with van der Waals surface area (Å²) >= 11 is 5.81. The Morgan fingerprint density at radius 2 is 1.68 bits per heavy atom. The van der Waals surface area contributed by atoms with Crippen LogP contribution in [0, 0.1) is 0 Å². The normalized spacial score (nSPS) is 15.9. The molecule has 0 aromatic heterocycles. The van der Waals surface area contributed by atoms with Gasteiger partial charge in [-0.1, -0.05) is 18.5 Å². The maximum Gasteiger partial charge on any atom is 0.261 e. The highest BCUT2D eigenvalue weighted by Crippen LogP contribution is 2.19. The van der Waals surface area contributed by atoms with E-state index >= 15 is 0 Å². The maximum absolute atomic E-state index is 12.5. The van der Waals surface area contributed by atoms with Gasteiger partial charge in [-0.05, 0) is 67.9 Å². The van der Waals surface area contributed by atoms with Gasteiger partial charge in [-0.2, -0.15) is 0 Å². The number of hydrogen-bond donors (Lipinski definition) is 2. The number of nitrogens with one attached hydrogen (secondary N) is 2. The topological polar surface area (TPSA) is 78.5 Å². The summed E-state index contributed by atoms with van der Waals surface area (Å²) in [6.07, 6.45) is 1.86. The summed E-state index contributed by atoms with van der Waals surface area (Å²) in [5, 5.41) is 3.57. The van der Waals surface area contributed by atoms with Gasteiger partial charge in [0.2, 0.25) is 0 Å². The number of piperidine rings is 1. The molecule has 6 nitrogen and oxygen atoms in total. The van der Waals surface area contributed by atoms with Crippen LogP contribution in [0.2, 0.25) is 5.02 Å². The fraction of sp³-hybridized carbons (Fsp3) is 0.350. The van der Waals surface area contributed by atoms with Crippen LogP contribution in [0.25, 0.3) is 0 Å². The lowest BCUT2D eigenvalue weighted by Crippen LogP contribution is -2.44. The molecule has 1 saturated heterocycles. The molecule has 1 heterocycles. The second-order valence-corrected chi connectivity index (χ2v) is 8.94. The van der Waals surface area contributed by atoms with Crippen LogP contribution in [0.1, 0.15) is 30.1 Å². The number of benzene rings is 2. The van der Waals surface area contributed by atoms with E-state index in [9.17, 15) is 13.2 Å². The van der Waals surface area contributed by atoms with Gasteiger partial charge in [-0.3, -0.25) is 9.52 Å². The van der Waals surface area contributed by atoms with E-state index in [0.29, 0.717) is 16.3 Å². The van der Waals surface area contributed by atoms with Gasteiger partial charge < -0.3 is 10.2 Å². The number of carbonyl (C=O) groups is 1. The van der Waals surface area contributed by atoms with Crippen LogP contribution in [-0.4, -0.2) is 44.9 Å². The minimum Gasteiger partial charge on any atom is -0.349 e. The number of hydrogen-bond acceptors (Lipinski definition) is 4. The molecule has 0 saturated carbocycles. The monoisotopic (exact) mass is 421 g/mol. The van der Waals surface area contributed by atoms with Crippen LogP contribution >= 0.6 is 11.6 Å². The molecule has 2 N–H and O–H groups in total.